The van der Waals surface area contributed by atoms with E-state index in [0.717, 1.165) is 31.4 Å². The molecule has 0 aliphatic rings. The van der Waals surface area contributed by atoms with Crippen LogP contribution in [0.2, 0.25) is 0 Å². The van der Waals surface area contributed by atoms with Crippen molar-refractivity contribution in [3.8, 4) is 0 Å². The summed E-state index contributed by atoms with van der Waals surface area (Å²) in [6.45, 7) is 2.32. The second-order valence-electron chi connectivity index (χ2n) is 4.43. The van der Waals surface area contributed by atoms with Crippen LogP contribution in [0.1, 0.15) is 43.7 Å². The maximum atomic E-state index is 12.3. The molecule has 0 saturated heterocycles. The molecule has 1 rings (SSSR count). The van der Waals surface area contributed by atoms with Gasteiger partial charge in [0.25, 0.3) is 0 Å². The minimum absolute atomic E-state index is 0.0617. The fraction of sp³-hybridized carbons (Fsp3) is 0.500. The Bertz CT molecular complexity index is 398. The van der Waals surface area contributed by atoms with Crippen LogP contribution in [0.3, 0.4) is 0 Å². The van der Waals surface area contributed by atoms with Gasteiger partial charge in [-0.15, -0.1) is 0 Å². The zero-order valence-electron chi connectivity index (χ0n) is 10.9. The fourth-order valence-corrected chi connectivity index (χ4v) is 1.64. The molecule has 0 fully saturated rings. The van der Waals surface area contributed by atoms with Crippen molar-refractivity contribution >= 4 is 5.91 Å². The molecule has 1 aromatic carbocycles. The number of hydrogen-bond donors (Lipinski definition) is 1. The van der Waals surface area contributed by atoms with Gasteiger partial charge in [0.15, 0.2) is 0 Å². The molecule has 0 atom stereocenters. The molecule has 0 aliphatic heterocycles. The van der Waals surface area contributed by atoms with E-state index in [1.165, 1.54) is 12.1 Å². The van der Waals surface area contributed by atoms with Gasteiger partial charge in [-0.25, -0.2) is 0 Å². The van der Waals surface area contributed by atoms with Crippen molar-refractivity contribution in [1.29, 1.82) is 0 Å². The maximum Gasteiger partial charge on any atom is 0.416 e. The van der Waals surface area contributed by atoms with Crippen molar-refractivity contribution in [3.63, 3.8) is 0 Å². The summed E-state index contributed by atoms with van der Waals surface area (Å²) in [5.74, 6) is -0.0617. The zero-order valence-corrected chi connectivity index (χ0v) is 10.9. The van der Waals surface area contributed by atoms with Crippen molar-refractivity contribution in [3.05, 3.63) is 35.4 Å². The second kappa shape index (κ2) is 7.16. The first-order valence-electron chi connectivity index (χ1n) is 6.36. The van der Waals surface area contributed by atoms with E-state index in [4.69, 9.17) is 0 Å². The smallest absolute Gasteiger partial charge is 0.352 e. The highest BCUT2D eigenvalue weighted by Gasteiger charge is 2.29. The van der Waals surface area contributed by atoms with Crippen LogP contribution >= 0.6 is 0 Å². The number of nitrogens with one attached hydrogen (secondary N) is 1. The molecular formula is C14H18F3NO. The Balaban J connectivity index is 2.40. The van der Waals surface area contributed by atoms with E-state index in [1.54, 1.807) is 0 Å². The Morgan fingerprint density at radius 1 is 1.16 bits per heavy atom. The lowest BCUT2D eigenvalue weighted by molar-refractivity contribution is -0.137. The third kappa shape index (κ3) is 5.77. The molecule has 0 bridgehead atoms. The van der Waals surface area contributed by atoms with Gasteiger partial charge in [0.1, 0.15) is 0 Å². The Morgan fingerprint density at radius 3 is 2.32 bits per heavy atom. The minimum Gasteiger partial charge on any atom is -0.352 e. The summed E-state index contributed by atoms with van der Waals surface area (Å²) >= 11 is 0. The molecule has 19 heavy (non-hydrogen) atoms. The number of unbranched alkanes of at least 4 members (excludes halogenated alkanes) is 2. The number of benzene rings is 1. The number of amides is 1. The number of carbonyl (C=O) groups is 1. The van der Waals surface area contributed by atoms with Gasteiger partial charge in [-0.1, -0.05) is 31.9 Å². The predicted octanol–water partition coefficient (Wildman–Crippen LogP) is 3.90. The molecule has 0 aromatic heterocycles. The Kier molecular flexibility index (Phi) is 5.86. The average molecular weight is 273 g/mol. The van der Waals surface area contributed by atoms with Crippen molar-refractivity contribution in [1.82, 2.24) is 5.32 Å². The molecule has 0 saturated carbocycles. The highest BCUT2D eigenvalue weighted by Crippen LogP contribution is 2.28. The Hall–Kier alpha value is -1.52. The van der Waals surface area contributed by atoms with Gasteiger partial charge in [0.05, 0.1) is 5.56 Å². The molecule has 1 aromatic rings. The average Bonchev–Trinajstić information content (AvgIpc) is 2.36. The molecule has 0 spiro atoms. The molecule has 1 amide bonds. The van der Waals surface area contributed by atoms with Gasteiger partial charge < -0.3 is 5.32 Å². The lowest BCUT2D eigenvalue weighted by atomic mass is 10.1. The standard InChI is InChI=1S/C14H18F3NO/c1-2-3-4-5-13(19)18-10-11-6-8-12(9-7-11)14(15,16)17/h6-9H,2-5,10H2,1H3,(H,18,19). The van der Waals surface area contributed by atoms with E-state index in [1.807, 2.05) is 0 Å². The van der Waals surface area contributed by atoms with E-state index in [9.17, 15) is 18.0 Å². The lowest BCUT2D eigenvalue weighted by Gasteiger charge is -2.08. The van der Waals surface area contributed by atoms with E-state index >= 15 is 0 Å². The highest BCUT2D eigenvalue weighted by molar-refractivity contribution is 5.75. The van der Waals surface area contributed by atoms with Gasteiger partial charge in [0.2, 0.25) is 5.91 Å². The summed E-state index contributed by atoms with van der Waals surface area (Å²) < 4.78 is 37.0. The molecule has 106 valence electrons. The van der Waals surface area contributed by atoms with Crippen LogP contribution < -0.4 is 5.32 Å². The van der Waals surface area contributed by atoms with Gasteiger partial charge in [-0.3, -0.25) is 4.79 Å². The summed E-state index contributed by atoms with van der Waals surface area (Å²) in [5.41, 5.74) is -0.0117. The largest absolute Gasteiger partial charge is 0.416 e. The first-order chi connectivity index (χ1) is 8.93. The third-order valence-electron chi connectivity index (χ3n) is 2.78. The number of halogens is 3. The van der Waals surface area contributed by atoms with Crippen LogP contribution in [0.15, 0.2) is 24.3 Å². The molecule has 5 heteroatoms. The van der Waals surface area contributed by atoms with Crippen molar-refractivity contribution in [2.24, 2.45) is 0 Å². The summed E-state index contributed by atoms with van der Waals surface area (Å²) in [6.07, 6.45) is -0.953. The number of hydrogen-bond acceptors (Lipinski definition) is 1. The maximum absolute atomic E-state index is 12.3. The van der Waals surface area contributed by atoms with Crippen LogP contribution in [-0.2, 0) is 17.5 Å². The lowest BCUT2D eigenvalue weighted by Crippen LogP contribution is -2.22. The van der Waals surface area contributed by atoms with E-state index < -0.39 is 11.7 Å². The minimum atomic E-state index is -4.32. The van der Waals surface area contributed by atoms with Crippen molar-refractivity contribution in [2.75, 3.05) is 0 Å². The Morgan fingerprint density at radius 2 is 1.79 bits per heavy atom. The van der Waals surface area contributed by atoms with Crippen LogP contribution in [-0.4, -0.2) is 5.91 Å². The normalized spacial score (nSPS) is 11.4. The second-order valence-corrected chi connectivity index (χ2v) is 4.43. The van der Waals surface area contributed by atoms with Gasteiger partial charge >= 0.3 is 6.18 Å². The molecule has 1 N–H and O–H groups in total. The van der Waals surface area contributed by atoms with Crippen molar-refractivity contribution < 1.29 is 18.0 Å². The SMILES string of the molecule is CCCCCC(=O)NCc1ccc(C(F)(F)F)cc1. The van der Waals surface area contributed by atoms with Crippen LogP contribution in [0.4, 0.5) is 13.2 Å². The topological polar surface area (TPSA) is 29.1 Å². The zero-order chi connectivity index (χ0) is 14.3. The summed E-state index contributed by atoms with van der Waals surface area (Å²) in [6, 6.07) is 4.82. The van der Waals surface area contributed by atoms with Crippen LogP contribution in [0.5, 0.6) is 0 Å². The quantitative estimate of drug-likeness (QED) is 0.782. The fourth-order valence-electron chi connectivity index (χ4n) is 1.64. The molecule has 2 nitrogen and oxygen atoms in total. The van der Waals surface area contributed by atoms with E-state index in [2.05, 4.69) is 12.2 Å². The first kappa shape index (κ1) is 15.5. The number of carbonyl (C=O) groups excluding carboxylic acids is 1. The first-order valence-corrected chi connectivity index (χ1v) is 6.36. The van der Waals surface area contributed by atoms with Gasteiger partial charge in [0, 0.05) is 13.0 Å². The molecule has 0 aliphatic carbocycles. The Labute approximate surface area is 111 Å². The van der Waals surface area contributed by atoms with Gasteiger partial charge in [-0.05, 0) is 24.1 Å². The highest BCUT2D eigenvalue weighted by atomic mass is 19.4. The number of alkyl halides is 3. The predicted molar refractivity (Wildman–Crippen MR) is 67.4 cm³/mol. The van der Waals surface area contributed by atoms with E-state index in [0.29, 0.717) is 12.0 Å². The molecule has 0 unspecified atom stereocenters. The van der Waals surface area contributed by atoms with Gasteiger partial charge in [-0.2, -0.15) is 13.2 Å². The van der Waals surface area contributed by atoms with Crippen molar-refractivity contribution in [2.45, 2.75) is 45.3 Å². The molecular weight excluding hydrogens is 255 g/mol. The number of rotatable bonds is 6. The summed E-state index contributed by atoms with van der Waals surface area (Å²) in [4.78, 5) is 11.4. The van der Waals surface area contributed by atoms with Crippen LogP contribution in [0, 0.1) is 0 Å². The summed E-state index contributed by atoms with van der Waals surface area (Å²) in [7, 11) is 0. The van der Waals surface area contributed by atoms with E-state index in [-0.39, 0.29) is 12.5 Å². The third-order valence-corrected chi connectivity index (χ3v) is 2.78. The monoisotopic (exact) mass is 273 g/mol. The van der Waals surface area contributed by atoms with Crippen LogP contribution in [0.25, 0.3) is 0 Å². The molecule has 0 radical (unpaired) electrons. The molecule has 0 heterocycles. The summed E-state index contributed by atoms with van der Waals surface area (Å²) in [5, 5.41) is 2.70.